The van der Waals surface area contributed by atoms with Gasteiger partial charge < -0.3 is 39.4 Å². The Morgan fingerprint density at radius 1 is 0.542 bits per heavy atom. The lowest BCUT2D eigenvalue weighted by molar-refractivity contribution is -0.305. The van der Waals surface area contributed by atoms with E-state index in [0.29, 0.717) is 13.0 Å². The van der Waals surface area contributed by atoms with Gasteiger partial charge in [-0.05, 0) is 44.9 Å². The van der Waals surface area contributed by atoms with Crippen LogP contribution in [0.5, 0.6) is 0 Å². The molecular formula is C50H94O9. The molecule has 0 bridgehead atoms. The van der Waals surface area contributed by atoms with Crippen LogP contribution in [0, 0.1) is 0 Å². The smallest absolute Gasteiger partial charge is 0.306 e. The SMILES string of the molecule is CCCCC/C=C\C/C=C\CCCCCCCCOCC(COC1OC(CO)C(O)C(O)C1O)OC(=O)CCCCCCCCCCCCCCCCCCCCCC. The first-order valence-electron chi connectivity index (χ1n) is 24.9. The molecule has 0 amide bonds. The van der Waals surface area contributed by atoms with Crippen molar-refractivity contribution in [3.8, 4) is 0 Å². The fourth-order valence-corrected chi connectivity index (χ4v) is 7.70. The summed E-state index contributed by atoms with van der Waals surface area (Å²) in [6.07, 6.45) is 42.1. The first-order chi connectivity index (χ1) is 28.9. The Kier molecular flexibility index (Phi) is 39.6. The van der Waals surface area contributed by atoms with E-state index < -0.39 is 43.4 Å². The fourth-order valence-electron chi connectivity index (χ4n) is 7.70. The molecule has 348 valence electrons. The Morgan fingerprint density at radius 2 is 0.983 bits per heavy atom. The maximum absolute atomic E-state index is 12.8. The first-order valence-corrected chi connectivity index (χ1v) is 24.9. The average Bonchev–Trinajstić information content (AvgIpc) is 3.24. The Morgan fingerprint density at radius 3 is 1.49 bits per heavy atom. The van der Waals surface area contributed by atoms with Crippen LogP contribution < -0.4 is 0 Å². The van der Waals surface area contributed by atoms with Crippen molar-refractivity contribution >= 4 is 5.97 Å². The Labute approximate surface area is 362 Å². The standard InChI is InChI=1S/C50H94O9/c1-3-5-7-9-11-13-15-17-19-21-22-23-24-25-27-29-31-33-35-37-39-46(52)58-44(43-57-50-49(55)48(54)47(53)45(41-51)59-50)42-56-40-38-36-34-32-30-28-26-20-18-16-14-12-10-8-6-4-2/h12,14,18,20,44-45,47-51,53-55H,3-11,13,15-17,19,21-43H2,1-2H3/b14-12-,20-18-. The van der Waals surface area contributed by atoms with E-state index in [1.807, 2.05) is 0 Å². The highest BCUT2D eigenvalue weighted by atomic mass is 16.7. The summed E-state index contributed by atoms with van der Waals surface area (Å²) in [5.41, 5.74) is 0. The van der Waals surface area contributed by atoms with Gasteiger partial charge in [-0.15, -0.1) is 0 Å². The van der Waals surface area contributed by atoms with E-state index in [1.165, 1.54) is 154 Å². The van der Waals surface area contributed by atoms with Gasteiger partial charge in [-0.2, -0.15) is 0 Å². The average molecular weight is 839 g/mol. The molecule has 6 atom stereocenters. The van der Waals surface area contributed by atoms with E-state index in [4.69, 9.17) is 18.9 Å². The first kappa shape index (κ1) is 55.7. The predicted molar refractivity (Wildman–Crippen MR) is 242 cm³/mol. The number of unbranched alkanes of at least 4 members (excludes halogenated alkanes) is 28. The molecule has 0 aromatic heterocycles. The topological polar surface area (TPSA) is 135 Å². The lowest BCUT2D eigenvalue weighted by atomic mass is 9.99. The maximum Gasteiger partial charge on any atom is 0.306 e. The summed E-state index contributed by atoms with van der Waals surface area (Å²) in [4.78, 5) is 12.8. The van der Waals surface area contributed by atoms with Gasteiger partial charge in [-0.25, -0.2) is 0 Å². The van der Waals surface area contributed by atoms with E-state index >= 15 is 0 Å². The Bertz CT molecular complexity index is 957. The molecule has 0 spiro atoms. The number of ether oxygens (including phenoxy) is 4. The third-order valence-electron chi connectivity index (χ3n) is 11.6. The summed E-state index contributed by atoms with van der Waals surface area (Å²) in [7, 11) is 0. The predicted octanol–water partition coefficient (Wildman–Crippen LogP) is 11.8. The summed E-state index contributed by atoms with van der Waals surface area (Å²) >= 11 is 0. The summed E-state index contributed by atoms with van der Waals surface area (Å²) in [5, 5.41) is 40.2. The lowest BCUT2D eigenvalue weighted by Crippen LogP contribution is -2.59. The second kappa shape index (κ2) is 42.0. The normalized spacial score (nSPS) is 20.3. The molecule has 4 N–H and O–H groups in total. The molecule has 0 aromatic rings. The fraction of sp³-hybridized carbons (Fsp3) is 0.900. The number of esters is 1. The van der Waals surface area contributed by atoms with Crippen LogP contribution in [0.25, 0.3) is 0 Å². The van der Waals surface area contributed by atoms with Gasteiger partial charge in [0.05, 0.1) is 19.8 Å². The third-order valence-corrected chi connectivity index (χ3v) is 11.6. The van der Waals surface area contributed by atoms with Gasteiger partial charge >= 0.3 is 5.97 Å². The summed E-state index contributed by atoms with van der Waals surface area (Å²) in [6, 6.07) is 0. The van der Waals surface area contributed by atoms with Crippen molar-refractivity contribution in [2.45, 2.75) is 263 Å². The van der Waals surface area contributed by atoms with Gasteiger partial charge in [0.2, 0.25) is 0 Å². The second-order valence-corrected chi connectivity index (χ2v) is 17.3. The van der Waals surface area contributed by atoms with Crippen LogP contribution in [0.15, 0.2) is 24.3 Å². The highest BCUT2D eigenvalue weighted by Crippen LogP contribution is 2.23. The number of hydrogen-bond acceptors (Lipinski definition) is 9. The van der Waals surface area contributed by atoms with Crippen molar-refractivity contribution in [3.05, 3.63) is 24.3 Å². The lowest BCUT2D eigenvalue weighted by Gasteiger charge is -2.39. The van der Waals surface area contributed by atoms with Crippen LogP contribution in [-0.2, 0) is 23.7 Å². The zero-order valence-corrected chi connectivity index (χ0v) is 38.3. The minimum Gasteiger partial charge on any atom is -0.457 e. The van der Waals surface area contributed by atoms with Crippen LogP contribution in [0.2, 0.25) is 0 Å². The van der Waals surface area contributed by atoms with Crippen molar-refractivity contribution in [1.29, 1.82) is 0 Å². The van der Waals surface area contributed by atoms with E-state index in [0.717, 1.165) is 51.4 Å². The molecule has 1 rings (SSSR count). The number of aliphatic hydroxyl groups is 4. The van der Waals surface area contributed by atoms with E-state index in [-0.39, 0.29) is 19.2 Å². The van der Waals surface area contributed by atoms with Crippen molar-refractivity contribution in [2.75, 3.05) is 26.4 Å². The minimum absolute atomic E-state index is 0.114. The molecule has 1 saturated heterocycles. The number of rotatable bonds is 43. The van der Waals surface area contributed by atoms with Gasteiger partial charge in [0.25, 0.3) is 0 Å². The number of carbonyl (C=O) groups excluding carboxylic acids is 1. The molecule has 0 radical (unpaired) electrons. The van der Waals surface area contributed by atoms with E-state index in [9.17, 15) is 25.2 Å². The van der Waals surface area contributed by atoms with E-state index in [2.05, 4.69) is 38.2 Å². The van der Waals surface area contributed by atoms with Crippen molar-refractivity contribution in [2.24, 2.45) is 0 Å². The van der Waals surface area contributed by atoms with Crippen LogP contribution >= 0.6 is 0 Å². The number of allylic oxidation sites excluding steroid dienone is 4. The molecule has 1 aliphatic heterocycles. The van der Waals surface area contributed by atoms with Gasteiger partial charge in [0.1, 0.15) is 30.5 Å². The third kappa shape index (κ3) is 33.0. The molecule has 0 aromatic carbocycles. The quantitative estimate of drug-likeness (QED) is 0.0269. The van der Waals surface area contributed by atoms with Gasteiger partial charge in [0, 0.05) is 13.0 Å². The van der Waals surface area contributed by atoms with Crippen LogP contribution in [0.1, 0.15) is 226 Å². The number of aliphatic hydroxyl groups excluding tert-OH is 4. The van der Waals surface area contributed by atoms with Crippen molar-refractivity contribution in [3.63, 3.8) is 0 Å². The van der Waals surface area contributed by atoms with Gasteiger partial charge in [-0.1, -0.05) is 199 Å². The summed E-state index contributed by atoms with van der Waals surface area (Å²) < 4.78 is 22.9. The Hall–Kier alpha value is -1.33. The van der Waals surface area contributed by atoms with Gasteiger partial charge in [0.15, 0.2) is 6.29 Å². The highest BCUT2D eigenvalue weighted by molar-refractivity contribution is 5.69. The molecule has 59 heavy (non-hydrogen) atoms. The molecule has 1 fully saturated rings. The summed E-state index contributed by atoms with van der Waals surface area (Å²) in [6.45, 7) is 4.55. The van der Waals surface area contributed by atoms with E-state index in [1.54, 1.807) is 0 Å². The van der Waals surface area contributed by atoms with Crippen molar-refractivity contribution < 1.29 is 44.2 Å². The zero-order chi connectivity index (χ0) is 42.9. The molecule has 6 unspecified atom stereocenters. The largest absolute Gasteiger partial charge is 0.457 e. The molecule has 1 heterocycles. The minimum atomic E-state index is -1.54. The Balaban J connectivity index is 2.21. The number of hydrogen-bond donors (Lipinski definition) is 4. The number of carbonyl (C=O) groups is 1. The molecule has 9 heteroatoms. The van der Waals surface area contributed by atoms with Gasteiger partial charge in [-0.3, -0.25) is 4.79 Å². The van der Waals surface area contributed by atoms with Crippen molar-refractivity contribution in [1.82, 2.24) is 0 Å². The van der Waals surface area contributed by atoms with Crippen LogP contribution in [0.3, 0.4) is 0 Å². The second-order valence-electron chi connectivity index (χ2n) is 17.3. The monoisotopic (exact) mass is 839 g/mol. The van der Waals surface area contributed by atoms with Crippen LogP contribution in [0.4, 0.5) is 0 Å². The molecular weight excluding hydrogens is 745 g/mol. The van der Waals surface area contributed by atoms with Crippen LogP contribution in [-0.4, -0.2) is 89.6 Å². The molecule has 0 aliphatic carbocycles. The molecule has 9 nitrogen and oxygen atoms in total. The summed E-state index contributed by atoms with van der Waals surface area (Å²) in [5.74, 6) is -0.313. The zero-order valence-electron chi connectivity index (χ0n) is 38.3. The maximum atomic E-state index is 12.8. The molecule has 1 aliphatic rings. The molecule has 0 saturated carbocycles. The highest BCUT2D eigenvalue weighted by Gasteiger charge is 2.44.